The van der Waals surface area contributed by atoms with Gasteiger partial charge in [0.1, 0.15) is 55.9 Å². The van der Waals surface area contributed by atoms with E-state index in [1.165, 1.54) is 27.6 Å². The fourth-order valence-corrected chi connectivity index (χ4v) is 9.62. The van der Waals surface area contributed by atoms with Crippen LogP contribution in [0.2, 0.25) is 5.15 Å². The second-order valence-electron chi connectivity index (χ2n) is 22.9. The highest BCUT2D eigenvalue weighted by Crippen LogP contribution is 2.54. The van der Waals surface area contributed by atoms with Crippen molar-refractivity contribution in [2.24, 2.45) is 7.05 Å². The number of aliphatic carboxylic acids is 1. The molecular formula is C55H95ClINO19. The molecule has 20 nitrogen and oxygen atoms in total. The van der Waals surface area contributed by atoms with Crippen molar-refractivity contribution >= 4 is 29.1 Å². The fraction of sp³-hybridized carbons (Fsp3) is 0.818. The Morgan fingerprint density at radius 3 is 1.31 bits per heavy atom. The lowest BCUT2D eigenvalue weighted by atomic mass is 9.71. The van der Waals surface area contributed by atoms with Gasteiger partial charge < -0.3 is 100 Å². The van der Waals surface area contributed by atoms with E-state index in [4.69, 9.17) is 87.8 Å². The maximum atomic E-state index is 12.4. The average molecular weight is 1240 g/mol. The van der Waals surface area contributed by atoms with E-state index in [-0.39, 0.29) is 79.4 Å². The normalized spacial score (nSPS) is 34.9. The van der Waals surface area contributed by atoms with E-state index in [1.54, 1.807) is 13.8 Å². The van der Waals surface area contributed by atoms with Gasteiger partial charge in [0, 0.05) is 46.3 Å². The molecule has 77 heavy (non-hydrogen) atoms. The lowest BCUT2D eigenvalue weighted by molar-refractivity contribution is -0.669. The van der Waals surface area contributed by atoms with Crippen LogP contribution >= 0.6 is 11.6 Å². The molecule has 0 radical (unpaired) electrons. The van der Waals surface area contributed by atoms with Crippen molar-refractivity contribution in [1.29, 1.82) is 0 Å². The molecule has 8 fully saturated rings. The first-order chi connectivity index (χ1) is 34.0. The van der Waals surface area contributed by atoms with Gasteiger partial charge in [-0.25, -0.2) is 4.79 Å². The summed E-state index contributed by atoms with van der Waals surface area (Å²) >= 11 is 5.67. The number of ketones is 2. The van der Waals surface area contributed by atoms with Gasteiger partial charge in [0.15, 0.2) is 71.3 Å². The summed E-state index contributed by atoms with van der Waals surface area (Å²) in [6.45, 7) is 35.9. The third kappa shape index (κ3) is 17.3. The fourth-order valence-electron chi connectivity index (χ4n) is 9.49. The SMILES string of the molecule is C.C.C=COC(C)(C)C.CC.CO[C@@H]1O[C@@]2(C(=O)CC2OC(C)(C)C)[C@@H]2OC(C)(C)OC12.CO[C@@H]1O[C@H](C(=O)O)[C@H]2OC(C)(C)O[C@@H]12.CO[C@@H]1O[C@]2(C(=O)CC2OC(C)(C)C)[C@@H]2OC(C)(C)OC12.C[n+]1ccccc1Cl.[I-]. The molecule has 14 atom stereocenters. The number of carboxylic acids is 1. The average Bonchev–Trinajstić information content (AvgIpc) is 4.09. The number of ether oxygens (including phenoxy) is 15. The molecule has 4 unspecified atom stereocenters. The topological polar surface area (TPSA) is 214 Å². The summed E-state index contributed by atoms with van der Waals surface area (Å²) in [4.78, 5) is 35.6. The molecule has 0 aromatic carbocycles. The third-order valence-corrected chi connectivity index (χ3v) is 12.6. The Balaban J connectivity index is 0.000000498. The number of Topliss-reactive ketones (excluding diaryl/α,β-unsaturated/α-hetero) is 2. The molecular weight excluding hydrogens is 1140 g/mol. The Labute approximate surface area is 481 Å². The monoisotopic (exact) mass is 1240 g/mol. The number of carbonyl (C=O) groups excluding carboxylic acids is 2. The molecule has 448 valence electrons. The molecule has 0 bridgehead atoms. The predicted molar refractivity (Wildman–Crippen MR) is 281 cm³/mol. The highest BCUT2D eigenvalue weighted by Gasteiger charge is 2.76. The number of aryl methyl sites for hydroxylation is 1. The highest BCUT2D eigenvalue weighted by atomic mass is 127. The summed E-state index contributed by atoms with van der Waals surface area (Å²) in [6.07, 6.45) is -2.50. The van der Waals surface area contributed by atoms with Gasteiger partial charge in [-0.2, -0.15) is 4.57 Å². The highest BCUT2D eigenvalue weighted by molar-refractivity contribution is 6.28. The molecule has 1 aromatic rings. The zero-order valence-electron chi connectivity index (χ0n) is 47.9. The van der Waals surface area contributed by atoms with Crippen molar-refractivity contribution in [1.82, 2.24) is 0 Å². The molecule has 22 heteroatoms. The molecule has 6 saturated heterocycles. The largest absolute Gasteiger partial charge is 1.00 e. The van der Waals surface area contributed by atoms with E-state index in [9.17, 15) is 14.4 Å². The van der Waals surface area contributed by atoms with Gasteiger partial charge in [-0.1, -0.05) is 35.3 Å². The van der Waals surface area contributed by atoms with Crippen LogP contribution in [-0.2, 0) is 92.5 Å². The van der Waals surface area contributed by atoms with E-state index in [1.807, 2.05) is 140 Å². The van der Waals surface area contributed by atoms with Crippen molar-refractivity contribution in [3.05, 3.63) is 42.4 Å². The zero-order chi connectivity index (χ0) is 56.4. The molecule has 9 rings (SSSR count). The number of carboxylic acid groups (broad SMARTS) is 1. The maximum Gasteiger partial charge on any atom is 0.335 e. The van der Waals surface area contributed by atoms with E-state index in [2.05, 4.69) is 6.58 Å². The van der Waals surface area contributed by atoms with E-state index in [0.717, 1.165) is 5.15 Å². The van der Waals surface area contributed by atoms with Gasteiger partial charge in [0.05, 0.1) is 23.1 Å². The van der Waals surface area contributed by atoms with Crippen molar-refractivity contribution in [2.75, 3.05) is 21.3 Å². The number of nitrogens with zero attached hydrogens (tertiary/aromatic N) is 1. The zero-order valence-corrected chi connectivity index (χ0v) is 50.8. The van der Waals surface area contributed by atoms with Gasteiger partial charge in [-0.3, -0.25) is 9.59 Å². The van der Waals surface area contributed by atoms with E-state index >= 15 is 0 Å². The molecule has 1 N–H and O–H groups in total. The molecule has 1 aromatic heterocycles. The summed E-state index contributed by atoms with van der Waals surface area (Å²) in [5.74, 6) is -3.38. The first-order valence-corrected chi connectivity index (χ1v) is 25.6. The Morgan fingerprint density at radius 2 is 1.03 bits per heavy atom. The van der Waals surface area contributed by atoms with Crippen LogP contribution < -0.4 is 28.5 Å². The van der Waals surface area contributed by atoms with E-state index in [0.29, 0.717) is 12.8 Å². The van der Waals surface area contributed by atoms with Crippen molar-refractivity contribution in [3.8, 4) is 0 Å². The molecule has 2 saturated carbocycles. The Kier molecular flexibility index (Phi) is 26.4. The van der Waals surface area contributed by atoms with E-state index < -0.39 is 96.1 Å². The lowest BCUT2D eigenvalue weighted by Gasteiger charge is -2.48. The minimum absolute atomic E-state index is 0. The van der Waals surface area contributed by atoms with Crippen LogP contribution in [0.3, 0.4) is 0 Å². The number of hydrogen-bond acceptors (Lipinski definition) is 18. The second-order valence-corrected chi connectivity index (χ2v) is 23.2. The Hall–Kier alpha value is -2.04. The minimum Gasteiger partial charge on any atom is -1.00 e. The molecule has 2 spiro atoms. The third-order valence-electron chi connectivity index (χ3n) is 12.2. The van der Waals surface area contributed by atoms with Crippen molar-refractivity contribution in [3.63, 3.8) is 0 Å². The lowest BCUT2D eigenvalue weighted by Crippen LogP contribution is -3.00. The number of carbonyl (C=O) groups is 3. The first kappa shape index (κ1) is 73.0. The number of halogens is 2. The summed E-state index contributed by atoms with van der Waals surface area (Å²) in [6, 6.07) is 5.69. The van der Waals surface area contributed by atoms with Gasteiger partial charge in [-0.05, 0) is 122 Å². The summed E-state index contributed by atoms with van der Waals surface area (Å²) < 4.78 is 86.2. The van der Waals surface area contributed by atoms with Crippen LogP contribution in [0.15, 0.2) is 37.2 Å². The first-order valence-electron chi connectivity index (χ1n) is 25.2. The molecule has 8 aliphatic rings. The van der Waals surface area contributed by atoms with Crippen LogP contribution in [0.5, 0.6) is 0 Å². The Morgan fingerprint density at radius 1 is 0.649 bits per heavy atom. The van der Waals surface area contributed by atoms with Crippen molar-refractivity contribution < 1.29 is 119 Å². The maximum absolute atomic E-state index is 12.4. The summed E-state index contributed by atoms with van der Waals surface area (Å²) in [5.41, 5.74) is -3.00. The molecule has 6 aliphatic heterocycles. The number of fused-ring (bicyclic) bond motifs is 5. The Bertz CT molecular complexity index is 1970. The van der Waals surface area contributed by atoms with Crippen LogP contribution in [0.1, 0.15) is 145 Å². The van der Waals surface area contributed by atoms with Gasteiger partial charge in [0.25, 0.3) is 5.15 Å². The van der Waals surface area contributed by atoms with Crippen LogP contribution in [0, 0.1) is 0 Å². The van der Waals surface area contributed by atoms with Gasteiger partial charge >= 0.3 is 5.97 Å². The minimum atomic E-state index is -1.10. The van der Waals surface area contributed by atoms with Crippen LogP contribution in [0.25, 0.3) is 0 Å². The molecule has 2 aliphatic carbocycles. The quantitative estimate of drug-likeness (QED) is 0.161. The molecule has 7 heterocycles. The summed E-state index contributed by atoms with van der Waals surface area (Å²) in [5, 5.41) is 9.68. The number of rotatable bonds is 7. The number of pyridine rings is 1. The van der Waals surface area contributed by atoms with Crippen LogP contribution in [0.4, 0.5) is 0 Å². The predicted octanol–water partition coefficient (Wildman–Crippen LogP) is 5.18. The second kappa shape index (κ2) is 27.8. The van der Waals surface area contributed by atoms with Crippen molar-refractivity contribution in [2.45, 2.75) is 265 Å². The number of methoxy groups -OCH3 is 3. The number of hydrogen-bond donors (Lipinski definition) is 1. The summed E-state index contributed by atoms with van der Waals surface area (Å²) in [7, 11) is 6.43. The number of aromatic nitrogens is 1. The van der Waals surface area contributed by atoms with Gasteiger partial charge in [-0.15, -0.1) is 0 Å². The molecule has 0 amide bonds. The smallest absolute Gasteiger partial charge is 0.335 e. The van der Waals surface area contributed by atoms with Crippen LogP contribution in [-0.4, -0.2) is 163 Å². The standard InChI is InChI=1S/2C15H24O6.C9H14O6.C6H7ClN.C6H12O.C2H6.2CH4.HI/c2*1-13(2,3)18-9-7-8(16)15(9)11-10(12(17-6)21-15)19-14(4,5)20-11;1-9(2)14-4-5(7(10)11)13-8(12-3)6(4)15-9;1-8-5-3-2-4-6(8)7;1-5-7-6(2,3)4;1-2;;;/h2*9-12H,7H2,1-6H3;4-6,8H,1-3H3,(H,10,11);2-5H,1H3;5H,1H2,2-4H3;1-2H3;2*1H4;1H/q;;;+1;;;;;/p-1/t9?,10?,11-,12-,15+;9?,10?,11-,12-,15-;4-,5+,6-,8-;;;;;;/m111....../s1. The van der Waals surface area contributed by atoms with Gasteiger partial charge in [0.2, 0.25) is 0 Å².